The van der Waals surface area contributed by atoms with Crippen molar-refractivity contribution in [3.63, 3.8) is 0 Å². The summed E-state index contributed by atoms with van der Waals surface area (Å²) < 4.78 is 28.0. The molecule has 5 rings (SSSR count). The number of allylic oxidation sites excluding steroid dienone is 3. The van der Waals surface area contributed by atoms with Crippen LogP contribution in [-0.4, -0.2) is 56.2 Å². The molecule has 244 valence electrons. The van der Waals surface area contributed by atoms with Crippen molar-refractivity contribution in [2.75, 3.05) is 13.7 Å². The molecule has 0 N–H and O–H groups in total. The average Bonchev–Trinajstić information content (AvgIpc) is 3.34. The van der Waals surface area contributed by atoms with E-state index in [1.54, 1.807) is 17.7 Å². The molecule has 3 saturated carbocycles. The molecule has 44 heavy (non-hydrogen) atoms. The Labute approximate surface area is 262 Å². The zero-order valence-electron chi connectivity index (χ0n) is 27.5. The largest absolute Gasteiger partial charge is 0.469 e. The Hall–Kier alpha value is -2.45. The smallest absolute Gasteiger partial charge is 0.305 e. The van der Waals surface area contributed by atoms with Crippen LogP contribution in [0.5, 0.6) is 0 Å². The Bertz CT molecular complexity index is 1190. The first kappa shape index (κ1) is 32.9. The van der Waals surface area contributed by atoms with E-state index in [0.29, 0.717) is 23.7 Å². The van der Waals surface area contributed by atoms with E-state index in [1.807, 2.05) is 0 Å². The van der Waals surface area contributed by atoms with Gasteiger partial charge in [0.15, 0.2) is 6.29 Å². The first-order valence-corrected chi connectivity index (χ1v) is 16.7. The maximum atomic E-state index is 11.6. The first-order chi connectivity index (χ1) is 20.9. The van der Waals surface area contributed by atoms with Gasteiger partial charge in [-0.15, -0.1) is 0 Å². The van der Waals surface area contributed by atoms with Crippen molar-refractivity contribution in [1.29, 1.82) is 0 Å². The van der Waals surface area contributed by atoms with Gasteiger partial charge in [-0.3, -0.25) is 14.4 Å². The standard InChI is InChI=1S/C36H52O8/c1-22(8-7-9-33(39)40-6)28-12-13-29-27-11-10-25-20-26(16-18-35(25,4)30(27)17-19-36(28,29)5)43-34-15-14-31(42-24(3)38)32(44-34)21-41-23(2)37/h8,10,14-15,26-32,34H,7,9,11-13,16-21H2,1-6H3/b22-8+/t26-,27-,28+,29-,30-,31-,32+,34?,35-,36+/m0/s1. The Kier molecular flexibility index (Phi) is 10.1. The Balaban J connectivity index is 1.22. The van der Waals surface area contributed by atoms with Crippen molar-refractivity contribution in [1.82, 2.24) is 0 Å². The van der Waals surface area contributed by atoms with Crippen LogP contribution >= 0.6 is 0 Å². The number of hydrogen-bond acceptors (Lipinski definition) is 8. The van der Waals surface area contributed by atoms with Crippen molar-refractivity contribution in [2.24, 2.45) is 34.5 Å². The molecule has 0 bridgehead atoms. The number of fused-ring (bicyclic) bond motifs is 5. The van der Waals surface area contributed by atoms with E-state index >= 15 is 0 Å². The molecule has 0 aromatic heterocycles. The summed E-state index contributed by atoms with van der Waals surface area (Å²) in [6.45, 7) is 10.0. The molecule has 10 atom stereocenters. The average molecular weight is 613 g/mol. The number of methoxy groups -OCH3 is 1. The van der Waals surface area contributed by atoms with Gasteiger partial charge in [0.2, 0.25) is 0 Å². The summed E-state index contributed by atoms with van der Waals surface area (Å²) in [7, 11) is 1.46. The molecule has 0 aromatic carbocycles. The number of rotatable bonds is 9. The van der Waals surface area contributed by atoms with Crippen LogP contribution in [0.25, 0.3) is 0 Å². The number of ether oxygens (including phenoxy) is 5. The molecule has 1 aliphatic heterocycles. The van der Waals surface area contributed by atoms with Crippen LogP contribution in [0.15, 0.2) is 35.5 Å². The van der Waals surface area contributed by atoms with Crippen molar-refractivity contribution in [3.8, 4) is 0 Å². The molecular weight excluding hydrogens is 560 g/mol. The second kappa shape index (κ2) is 13.5. The molecule has 0 radical (unpaired) electrons. The predicted molar refractivity (Wildman–Crippen MR) is 165 cm³/mol. The fraction of sp³-hybridized carbons (Fsp3) is 0.750. The minimum atomic E-state index is -0.620. The Morgan fingerprint density at radius 1 is 1.00 bits per heavy atom. The van der Waals surface area contributed by atoms with E-state index < -0.39 is 30.4 Å². The molecule has 0 saturated heterocycles. The number of esters is 3. The molecule has 3 fully saturated rings. The van der Waals surface area contributed by atoms with E-state index in [-0.39, 0.29) is 24.1 Å². The topological polar surface area (TPSA) is 97.4 Å². The summed E-state index contributed by atoms with van der Waals surface area (Å²) in [5, 5.41) is 0. The van der Waals surface area contributed by atoms with Gasteiger partial charge in [0.05, 0.1) is 13.2 Å². The van der Waals surface area contributed by atoms with Gasteiger partial charge in [0.1, 0.15) is 18.8 Å². The molecule has 5 aliphatic rings. The highest BCUT2D eigenvalue weighted by Gasteiger charge is 2.58. The van der Waals surface area contributed by atoms with Gasteiger partial charge in [-0.1, -0.05) is 37.1 Å². The van der Waals surface area contributed by atoms with Crippen LogP contribution in [0, 0.1) is 34.5 Å². The van der Waals surface area contributed by atoms with Crippen LogP contribution in [0.3, 0.4) is 0 Å². The molecule has 1 unspecified atom stereocenters. The van der Waals surface area contributed by atoms with Crippen molar-refractivity contribution >= 4 is 17.9 Å². The normalized spacial score (nSPS) is 39.8. The third-order valence-corrected chi connectivity index (χ3v) is 11.9. The summed E-state index contributed by atoms with van der Waals surface area (Å²) in [6, 6.07) is 0. The molecule has 4 aliphatic carbocycles. The molecule has 0 amide bonds. The van der Waals surface area contributed by atoms with Gasteiger partial charge in [-0.25, -0.2) is 0 Å². The summed E-state index contributed by atoms with van der Waals surface area (Å²) in [5.41, 5.74) is 3.53. The van der Waals surface area contributed by atoms with Gasteiger partial charge >= 0.3 is 17.9 Å². The van der Waals surface area contributed by atoms with Crippen LogP contribution in [0.2, 0.25) is 0 Å². The van der Waals surface area contributed by atoms with Crippen LogP contribution < -0.4 is 0 Å². The van der Waals surface area contributed by atoms with Crippen molar-refractivity contribution < 1.29 is 38.1 Å². The van der Waals surface area contributed by atoms with Crippen LogP contribution in [0.1, 0.15) is 98.8 Å². The minimum Gasteiger partial charge on any atom is -0.469 e. The van der Waals surface area contributed by atoms with Gasteiger partial charge in [-0.2, -0.15) is 0 Å². The lowest BCUT2D eigenvalue weighted by Gasteiger charge is -2.58. The highest BCUT2D eigenvalue weighted by atomic mass is 16.7. The molecule has 8 nitrogen and oxygen atoms in total. The third-order valence-electron chi connectivity index (χ3n) is 11.9. The number of carbonyl (C=O) groups excluding carboxylic acids is 3. The number of hydrogen-bond donors (Lipinski definition) is 0. The van der Waals surface area contributed by atoms with Gasteiger partial charge in [-0.05, 0) is 111 Å². The predicted octanol–water partition coefficient (Wildman–Crippen LogP) is 6.63. The lowest BCUT2D eigenvalue weighted by atomic mass is 9.47. The van der Waals surface area contributed by atoms with Crippen molar-refractivity contribution in [2.45, 2.75) is 123 Å². The fourth-order valence-corrected chi connectivity index (χ4v) is 9.68. The van der Waals surface area contributed by atoms with Crippen LogP contribution in [-0.2, 0) is 38.1 Å². The molecule has 8 heteroatoms. The van der Waals surface area contributed by atoms with Crippen LogP contribution in [0.4, 0.5) is 0 Å². The fourth-order valence-electron chi connectivity index (χ4n) is 9.68. The SMILES string of the molecule is COC(=O)CC/C=C(\C)[C@H]1CC[C@H]2[C@@H]3CC=C4C[C@@H](OC5C=C[C@H](OC(C)=O)[C@@H](COC(C)=O)O5)CC[C@]4(C)[C@H]3CC[C@]12C. The van der Waals surface area contributed by atoms with Gasteiger partial charge in [0.25, 0.3) is 0 Å². The van der Waals surface area contributed by atoms with E-state index in [1.165, 1.54) is 52.2 Å². The molecule has 0 spiro atoms. The monoisotopic (exact) mass is 612 g/mol. The van der Waals surface area contributed by atoms with E-state index in [9.17, 15) is 14.4 Å². The zero-order chi connectivity index (χ0) is 31.6. The summed E-state index contributed by atoms with van der Waals surface area (Å²) in [6.07, 6.45) is 17.1. The van der Waals surface area contributed by atoms with Gasteiger partial charge in [0, 0.05) is 20.3 Å². The molecule has 0 aromatic rings. The summed E-state index contributed by atoms with van der Waals surface area (Å²) in [5.74, 6) is 1.80. The second-order valence-corrected chi connectivity index (χ2v) is 14.3. The molecule has 1 heterocycles. The Morgan fingerprint density at radius 3 is 2.52 bits per heavy atom. The maximum Gasteiger partial charge on any atom is 0.305 e. The third kappa shape index (κ3) is 6.72. The first-order valence-electron chi connectivity index (χ1n) is 16.7. The van der Waals surface area contributed by atoms with Gasteiger partial charge < -0.3 is 23.7 Å². The minimum absolute atomic E-state index is 0.00180. The quantitative estimate of drug-likeness (QED) is 0.163. The highest BCUT2D eigenvalue weighted by Crippen LogP contribution is 2.67. The van der Waals surface area contributed by atoms with E-state index in [2.05, 4.69) is 32.9 Å². The highest BCUT2D eigenvalue weighted by molar-refractivity contribution is 5.69. The Morgan fingerprint density at radius 2 is 1.80 bits per heavy atom. The lowest BCUT2D eigenvalue weighted by molar-refractivity contribution is -0.213. The summed E-state index contributed by atoms with van der Waals surface area (Å²) >= 11 is 0. The van der Waals surface area contributed by atoms with E-state index in [0.717, 1.165) is 43.9 Å². The number of carbonyl (C=O) groups is 3. The zero-order valence-corrected chi connectivity index (χ0v) is 27.5. The maximum absolute atomic E-state index is 11.6. The van der Waals surface area contributed by atoms with E-state index in [4.69, 9.17) is 23.7 Å². The molecular formula is C36H52O8. The summed E-state index contributed by atoms with van der Waals surface area (Å²) in [4.78, 5) is 34.6. The second-order valence-electron chi connectivity index (χ2n) is 14.3. The van der Waals surface area contributed by atoms with Crippen molar-refractivity contribution in [3.05, 3.63) is 35.5 Å². The lowest BCUT2D eigenvalue weighted by Crippen LogP contribution is -2.51.